The first-order chi connectivity index (χ1) is 8.93. The molecule has 0 bridgehead atoms. The van der Waals surface area contributed by atoms with Crippen LogP contribution in [-0.4, -0.2) is 43.1 Å². The van der Waals surface area contributed by atoms with Crippen molar-refractivity contribution in [2.24, 2.45) is 5.92 Å². The van der Waals surface area contributed by atoms with Crippen molar-refractivity contribution in [3.8, 4) is 0 Å². The molecule has 2 N–H and O–H groups in total. The Hall–Kier alpha value is -0.920. The number of nitrogens with zero attached hydrogens (tertiary/aromatic N) is 2. The number of hydrogen-bond acceptors (Lipinski definition) is 4. The van der Waals surface area contributed by atoms with Crippen LogP contribution in [0.2, 0.25) is 0 Å². The van der Waals surface area contributed by atoms with E-state index in [4.69, 9.17) is 0 Å². The molecule has 0 aromatic carbocycles. The van der Waals surface area contributed by atoms with E-state index in [1.54, 1.807) is 13.2 Å². The topological polar surface area (TPSA) is 78.1 Å². The number of aromatic amines is 1. The van der Waals surface area contributed by atoms with Gasteiger partial charge in [-0.25, -0.2) is 8.42 Å². The maximum atomic E-state index is 12.5. The van der Waals surface area contributed by atoms with Gasteiger partial charge in [-0.05, 0) is 12.5 Å². The molecule has 0 fully saturated rings. The standard InChI is InChI=1S/C12H24N4O2S/c1-5-10(3)9-16(4)19(17,18)12-11(7-13-6-2)8-14-15-12/h8,10,13H,5-7,9H2,1-4H3,(H,14,15). The monoisotopic (exact) mass is 288 g/mol. The molecule has 1 rings (SSSR count). The first-order valence-corrected chi connectivity index (χ1v) is 8.06. The third-order valence-corrected chi connectivity index (χ3v) is 5.02. The third kappa shape index (κ3) is 4.02. The molecule has 1 atom stereocenters. The number of hydrogen-bond donors (Lipinski definition) is 2. The van der Waals surface area contributed by atoms with Gasteiger partial charge in [0.25, 0.3) is 10.0 Å². The highest BCUT2D eigenvalue weighted by molar-refractivity contribution is 7.89. The van der Waals surface area contributed by atoms with Gasteiger partial charge in [0, 0.05) is 25.7 Å². The minimum absolute atomic E-state index is 0.194. The van der Waals surface area contributed by atoms with Gasteiger partial charge in [0.15, 0.2) is 5.03 Å². The summed E-state index contributed by atoms with van der Waals surface area (Å²) in [6, 6.07) is 0. The number of rotatable bonds is 8. The normalized spacial score (nSPS) is 13.9. The highest BCUT2D eigenvalue weighted by atomic mass is 32.2. The summed E-state index contributed by atoms with van der Waals surface area (Å²) in [5.74, 6) is 0.333. The highest BCUT2D eigenvalue weighted by Crippen LogP contribution is 2.18. The molecule has 0 spiro atoms. The van der Waals surface area contributed by atoms with Gasteiger partial charge in [0.2, 0.25) is 0 Å². The van der Waals surface area contributed by atoms with Crippen LogP contribution in [0.5, 0.6) is 0 Å². The SMILES string of the molecule is CCNCc1cn[nH]c1S(=O)(=O)N(C)CC(C)CC. The van der Waals surface area contributed by atoms with Crippen molar-refractivity contribution in [2.45, 2.75) is 38.8 Å². The first kappa shape index (κ1) is 16.1. The van der Waals surface area contributed by atoms with Crippen molar-refractivity contribution < 1.29 is 8.42 Å². The fraction of sp³-hybridized carbons (Fsp3) is 0.750. The first-order valence-electron chi connectivity index (χ1n) is 6.62. The summed E-state index contributed by atoms with van der Waals surface area (Å²) in [5.41, 5.74) is 0.679. The third-order valence-electron chi connectivity index (χ3n) is 3.18. The lowest BCUT2D eigenvalue weighted by Crippen LogP contribution is -2.32. The van der Waals surface area contributed by atoms with E-state index in [-0.39, 0.29) is 5.03 Å². The number of H-pyrrole nitrogens is 1. The Morgan fingerprint density at radius 2 is 2.16 bits per heavy atom. The maximum absolute atomic E-state index is 12.5. The molecule has 6 nitrogen and oxygen atoms in total. The van der Waals surface area contributed by atoms with Crippen LogP contribution >= 0.6 is 0 Å². The molecule has 7 heteroatoms. The van der Waals surface area contributed by atoms with Crippen LogP contribution in [0.1, 0.15) is 32.8 Å². The van der Waals surface area contributed by atoms with E-state index in [1.807, 2.05) is 13.8 Å². The Morgan fingerprint density at radius 3 is 2.74 bits per heavy atom. The van der Waals surface area contributed by atoms with E-state index in [9.17, 15) is 8.42 Å². The van der Waals surface area contributed by atoms with Gasteiger partial charge in [-0.2, -0.15) is 9.40 Å². The number of nitrogens with one attached hydrogen (secondary N) is 2. The number of aromatic nitrogens is 2. The van der Waals surface area contributed by atoms with Gasteiger partial charge in [-0.1, -0.05) is 27.2 Å². The lowest BCUT2D eigenvalue weighted by molar-refractivity contribution is 0.392. The zero-order chi connectivity index (χ0) is 14.5. The molecule has 110 valence electrons. The molecule has 0 saturated heterocycles. The van der Waals surface area contributed by atoms with E-state index in [1.165, 1.54) is 4.31 Å². The lowest BCUT2D eigenvalue weighted by atomic mass is 10.1. The van der Waals surface area contributed by atoms with E-state index < -0.39 is 10.0 Å². The molecule has 0 aliphatic carbocycles. The van der Waals surface area contributed by atoms with E-state index in [0.29, 0.717) is 24.6 Å². The second kappa shape index (κ2) is 7.02. The molecule has 0 aliphatic heterocycles. The fourth-order valence-electron chi connectivity index (χ4n) is 1.73. The fourth-order valence-corrected chi connectivity index (χ4v) is 3.12. The van der Waals surface area contributed by atoms with Gasteiger partial charge in [-0.3, -0.25) is 5.10 Å². The van der Waals surface area contributed by atoms with Gasteiger partial charge < -0.3 is 5.32 Å². The molecule has 1 aromatic rings. The summed E-state index contributed by atoms with van der Waals surface area (Å²) in [5, 5.41) is 9.76. The Morgan fingerprint density at radius 1 is 1.47 bits per heavy atom. The molecule has 1 aromatic heterocycles. The lowest BCUT2D eigenvalue weighted by Gasteiger charge is -2.20. The predicted octanol–water partition coefficient (Wildman–Crippen LogP) is 1.19. The summed E-state index contributed by atoms with van der Waals surface area (Å²) in [7, 11) is -1.88. The van der Waals surface area contributed by atoms with E-state index in [0.717, 1.165) is 13.0 Å². The van der Waals surface area contributed by atoms with E-state index >= 15 is 0 Å². The molecule has 19 heavy (non-hydrogen) atoms. The van der Waals surface area contributed by atoms with Crippen LogP contribution in [0, 0.1) is 5.92 Å². The van der Waals surface area contributed by atoms with Gasteiger partial charge in [-0.15, -0.1) is 0 Å². The summed E-state index contributed by atoms with van der Waals surface area (Å²) in [6.45, 7) is 7.87. The van der Waals surface area contributed by atoms with Gasteiger partial charge in [0.05, 0.1) is 6.20 Å². The van der Waals surface area contributed by atoms with Crippen molar-refractivity contribution in [2.75, 3.05) is 20.1 Å². The zero-order valence-electron chi connectivity index (χ0n) is 12.1. The largest absolute Gasteiger partial charge is 0.313 e. The summed E-state index contributed by atoms with van der Waals surface area (Å²) in [6.07, 6.45) is 2.51. The van der Waals surface area contributed by atoms with Crippen LogP contribution in [0.25, 0.3) is 0 Å². The zero-order valence-corrected chi connectivity index (χ0v) is 12.9. The van der Waals surface area contributed by atoms with Crippen LogP contribution in [0.4, 0.5) is 0 Å². The smallest absolute Gasteiger partial charge is 0.260 e. The Kier molecular flexibility index (Phi) is 5.96. The Labute approximate surface area is 115 Å². The Bertz CT molecular complexity index is 484. The molecule has 0 radical (unpaired) electrons. The molecule has 1 heterocycles. The van der Waals surface area contributed by atoms with Gasteiger partial charge >= 0.3 is 0 Å². The van der Waals surface area contributed by atoms with Crippen molar-refractivity contribution >= 4 is 10.0 Å². The summed E-state index contributed by atoms with van der Waals surface area (Å²) < 4.78 is 26.3. The maximum Gasteiger partial charge on any atom is 0.260 e. The Balaban J connectivity index is 2.90. The van der Waals surface area contributed by atoms with Crippen LogP contribution in [0.15, 0.2) is 11.2 Å². The second-order valence-corrected chi connectivity index (χ2v) is 6.79. The molecular weight excluding hydrogens is 264 g/mol. The van der Waals surface area contributed by atoms with Crippen LogP contribution < -0.4 is 5.32 Å². The molecule has 0 saturated carbocycles. The predicted molar refractivity (Wildman–Crippen MR) is 75.2 cm³/mol. The van der Waals surface area contributed by atoms with Crippen molar-refractivity contribution in [1.29, 1.82) is 0 Å². The summed E-state index contributed by atoms with van der Waals surface area (Å²) >= 11 is 0. The van der Waals surface area contributed by atoms with Crippen molar-refractivity contribution in [1.82, 2.24) is 19.8 Å². The number of sulfonamides is 1. The second-order valence-electron chi connectivity index (χ2n) is 4.80. The minimum Gasteiger partial charge on any atom is -0.313 e. The average Bonchev–Trinajstić information content (AvgIpc) is 2.84. The molecule has 0 aliphatic rings. The molecular formula is C12H24N4O2S. The van der Waals surface area contributed by atoms with Crippen molar-refractivity contribution in [3.05, 3.63) is 11.8 Å². The van der Waals surface area contributed by atoms with E-state index in [2.05, 4.69) is 22.4 Å². The van der Waals surface area contributed by atoms with Gasteiger partial charge in [0.1, 0.15) is 0 Å². The van der Waals surface area contributed by atoms with Crippen LogP contribution in [0.3, 0.4) is 0 Å². The highest BCUT2D eigenvalue weighted by Gasteiger charge is 2.26. The molecule has 1 unspecified atom stereocenters. The molecule has 0 amide bonds. The minimum atomic E-state index is -3.49. The quantitative estimate of drug-likeness (QED) is 0.753. The van der Waals surface area contributed by atoms with Crippen LogP contribution in [-0.2, 0) is 16.6 Å². The van der Waals surface area contributed by atoms with Crippen molar-refractivity contribution in [3.63, 3.8) is 0 Å². The average molecular weight is 288 g/mol. The summed E-state index contributed by atoms with van der Waals surface area (Å²) in [4.78, 5) is 0.